The monoisotopic (exact) mass is 235 g/mol. The predicted molar refractivity (Wildman–Crippen MR) is 66.3 cm³/mol. The summed E-state index contributed by atoms with van der Waals surface area (Å²) in [7, 11) is 0. The first-order valence-electron chi connectivity index (χ1n) is 6.20. The lowest BCUT2D eigenvalue weighted by Crippen LogP contribution is -2.10. The summed E-state index contributed by atoms with van der Waals surface area (Å²) >= 11 is 0. The molecule has 94 valence electrons. The van der Waals surface area contributed by atoms with Crippen LogP contribution < -0.4 is 5.73 Å². The maximum atomic E-state index is 8.48. The molecule has 0 aromatic carbocycles. The maximum Gasteiger partial charge on any atom is 0.0874 e. The standard InChI is InChI=1S/C12H21N5/c1-10(2)12-11(6-8-14)15-16-17(12)9-5-3-4-7-13/h10H,3-6,8-9,14H2,1-2H3. The molecule has 1 aromatic rings. The van der Waals surface area contributed by atoms with Crippen LogP contribution in [0.2, 0.25) is 0 Å². The SMILES string of the molecule is CC(C)c1c(CCN)nnn1CCCCC#N. The first-order chi connectivity index (χ1) is 8.20. The molecule has 17 heavy (non-hydrogen) atoms. The van der Waals surface area contributed by atoms with Crippen LogP contribution in [0.3, 0.4) is 0 Å². The number of rotatable bonds is 7. The Bertz CT molecular complexity index is 375. The van der Waals surface area contributed by atoms with Gasteiger partial charge in [0.25, 0.3) is 0 Å². The minimum atomic E-state index is 0.405. The van der Waals surface area contributed by atoms with Gasteiger partial charge in [-0.05, 0) is 25.3 Å². The third-order valence-electron chi connectivity index (χ3n) is 2.68. The van der Waals surface area contributed by atoms with Gasteiger partial charge >= 0.3 is 0 Å². The van der Waals surface area contributed by atoms with E-state index in [4.69, 9.17) is 11.0 Å². The molecule has 0 atom stereocenters. The summed E-state index contributed by atoms with van der Waals surface area (Å²) in [6, 6.07) is 2.16. The highest BCUT2D eigenvalue weighted by Crippen LogP contribution is 2.18. The minimum absolute atomic E-state index is 0.405. The molecule has 0 aliphatic rings. The maximum absolute atomic E-state index is 8.48. The number of aromatic nitrogens is 3. The van der Waals surface area contributed by atoms with Crippen molar-refractivity contribution in [2.24, 2.45) is 5.73 Å². The third-order valence-corrected chi connectivity index (χ3v) is 2.68. The Labute approximate surface area is 103 Å². The average Bonchev–Trinajstić information content (AvgIpc) is 2.68. The number of nitrogens with zero attached hydrogens (tertiary/aromatic N) is 4. The molecule has 0 bridgehead atoms. The molecular formula is C12H21N5. The van der Waals surface area contributed by atoms with Gasteiger partial charge in [0.1, 0.15) is 0 Å². The first kappa shape index (κ1) is 13.7. The van der Waals surface area contributed by atoms with Crippen LogP contribution >= 0.6 is 0 Å². The van der Waals surface area contributed by atoms with E-state index in [-0.39, 0.29) is 0 Å². The minimum Gasteiger partial charge on any atom is -0.330 e. The largest absolute Gasteiger partial charge is 0.330 e. The van der Waals surface area contributed by atoms with Gasteiger partial charge in [-0.1, -0.05) is 19.1 Å². The number of unbranched alkanes of at least 4 members (excludes halogenated alkanes) is 2. The molecule has 0 aliphatic heterocycles. The zero-order valence-corrected chi connectivity index (χ0v) is 10.7. The molecule has 5 heteroatoms. The molecule has 0 aliphatic carbocycles. The van der Waals surface area contributed by atoms with E-state index in [0.717, 1.165) is 31.5 Å². The molecule has 0 saturated carbocycles. The van der Waals surface area contributed by atoms with Crippen molar-refractivity contribution in [3.63, 3.8) is 0 Å². The summed E-state index contributed by atoms with van der Waals surface area (Å²) in [4.78, 5) is 0. The summed E-state index contributed by atoms with van der Waals surface area (Å²) in [6.07, 6.45) is 3.28. The molecule has 0 radical (unpaired) electrons. The second kappa shape index (κ2) is 7.02. The molecule has 0 fully saturated rings. The summed E-state index contributed by atoms with van der Waals surface area (Å²) in [5.74, 6) is 0.405. The van der Waals surface area contributed by atoms with Gasteiger partial charge in [-0.25, -0.2) is 4.68 Å². The summed E-state index contributed by atoms with van der Waals surface area (Å²) in [6.45, 7) is 5.73. The molecule has 2 N–H and O–H groups in total. The summed E-state index contributed by atoms with van der Waals surface area (Å²) < 4.78 is 1.97. The van der Waals surface area contributed by atoms with Crippen molar-refractivity contribution in [3.8, 4) is 6.07 Å². The van der Waals surface area contributed by atoms with Gasteiger partial charge in [-0.3, -0.25) is 0 Å². The fourth-order valence-corrected chi connectivity index (χ4v) is 1.93. The third kappa shape index (κ3) is 3.82. The average molecular weight is 235 g/mol. The van der Waals surface area contributed by atoms with Crippen molar-refractivity contribution in [1.29, 1.82) is 5.26 Å². The Morgan fingerprint density at radius 3 is 2.76 bits per heavy atom. The smallest absolute Gasteiger partial charge is 0.0874 e. The Morgan fingerprint density at radius 2 is 2.18 bits per heavy atom. The van der Waals surface area contributed by atoms with Crippen LogP contribution in [0.15, 0.2) is 0 Å². The van der Waals surface area contributed by atoms with E-state index in [1.807, 2.05) is 4.68 Å². The van der Waals surface area contributed by atoms with Crippen LogP contribution in [0.5, 0.6) is 0 Å². The molecule has 0 unspecified atom stereocenters. The number of nitriles is 1. The van der Waals surface area contributed by atoms with E-state index >= 15 is 0 Å². The topological polar surface area (TPSA) is 80.5 Å². The van der Waals surface area contributed by atoms with Crippen LogP contribution in [-0.4, -0.2) is 21.5 Å². The fourth-order valence-electron chi connectivity index (χ4n) is 1.93. The van der Waals surface area contributed by atoms with Crippen LogP contribution in [0.4, 0.5) is 0 Å². The highest BCUT2D eigenvalue weighted by Gasteiger charge is 2.14. The Balaban J connectivity index is 2.68. The van der Waals surface area contributed by atoms with Crippen molar-refractivity contribution >= 4 is 0 Å². The van der Waals surface area contributed by atoms with Crippen molar-refractivity contribution in [1.82, 2.24) is 15.0 Å². The molecular weight excluding hydrogens is 214 g/mol. The van der Waals surface area contributed by atoms with E-state index in [9.17, 15) is 0 Å². The summed E-state index contributed by atoms with van der Waals surface area (Å²) in [5, 5.41) is 16.9. The van der Waals surface area contributed by atoms with E-state index < -0.39 is 0 Å². The van der Waals surface area contributed by atoms with E-state index in [1.165, 1.54) is 5.69 Å². The second-order valence-corrected chi connectivity index (χ2v) is 4.45. The van der Waals surface area contributed by atoms with E-state index in [2.05, 4.69) is 30.2 Å². The van der Waals surface area contributed by atoms with Crippen molar-refractivity contribution in [2.75, 3.05) is 6.54 Å². The lowest BCUT2D eigenvalue weighted by atomic mass is 10.1. The lowest BCUT2D eigenvalue weighted by molar-refractivity contribution is 0.515. The van der Waals surface area contributed by atoms with Gasteiger partial charge in [0.2, 0.25) is 0 Å². The zero-order chi connectivity index (χ0) is 12.7. The Morgan fingerprint density at radius 1 is 1.41 bits per heavy atom. The molecule has 0 spiro atoms. The van der Waals surface area contributed by atoms with Gasteiger partial charge in [-0.15, -0.1) is 5.10 Å². The lowest BCUT2D eigenvalue weighted by Gasteiger charge is -2.10. The summed E-state index contributed by atoms with van der Waals surface area (Å²) in [5.41, 5.74) is 7.77. The van der Waals surface area contributed by atoms with Crippen molar-refractivity contribution in [3.05, 3.63) is 11.4 Å². The van der Waals surface area contributed by atoms with Crippen LogP contribution in [-0.2, 0) is 13.0 Å². The highest BCUT2D eigenvalue weighted by molar-refractivity contribution is 5.14. The molecule has 1 rings (SSSR count). The quantitative estimate of drug-likeness (QED) is 0.728. The highest BCUT2D eigenvalue weighted by atomic mass is 15.4. The van der Waals surface area contributed by atoms with Gasteiger partial charge < -0.3 is 5.73 Å². The van der Waals surface area contributed by atoms with E-state index in [0.29, 0.717) is 18.9 Å². The van der Waals surface area contributed by atoms with Gasteiger partial charge in [-0.2, -0.15) is 5.26 Å². The van der Waals surface area contributed by atoms with Gasteiger partial charge in [0.15, 0.2) is 0 Å². The van der Waals surface area contributed by atoms with Crippen LogP contribution in [0.1, 0.15) is 50.4 Å². The van der Waals surface area contributed by atoms with Crippen LogP contribution in [0, 0.1) is 11.3 Å². The van der Waals surface area contributed by atoms with Crippen molar-refractivity contribution in [2.45, 2.75) is 52.0 Å². The number of hydrogen-bond acceptors (Lipinski definition) is 4. The number of aryl methyl sites for hydroxylation is 1. The molecule has 5 nitrogen and oxygen atoms in total. The Kier molecular flexibility index (Phi) is 5.64. The first-order valence-corrected chi connectivity index (χ1v) is 6.20. The molecule has 0 saturated heterocycles. The number of hydrogen-bond donors (Lipinski definition) is 1. The van der Waals surface area contributed by atoms with Crippen LogP contribution in [0.25, 0.3) is 0 Å². The predicted octanol–water partition coefficient (Wildman–Crippen LogP) is 1.60. The number of nitrogens with two attached hydrogens (primary N) is 1. The second-order valence-electron chi connectivity index (χ2n) is 4.45. The van der Waals surface area contributed by atoms with E-state index in [1.54, 1.807) is 0 Å². The van der Waals surface area contributed by atoms with Crippen molar-refractivity contribution < 1.29 is 0 Å². The Hall–Kier alpha value is -1.41. The molecule has 1 aromatic heterocycles. The molecule has 0 amide bonds. The molecule has 1 heterocycles. The normalized spacial score (nSPS) is 10.8. The van der Waals surface area contributed by atoms with Gasteiger partial charge in [0.05, 0.1) is 17.5 Å². The fraction of sp³-hybridized carbons (Fsp3) is 0.750. The zero-order valence-electron chi connectivity index (χ0n) is 10.7. The van der Waals surface area contributed by atoms with Gasteiger partial charge in [0, 0.05) is 19.4 Å².